The molecule has 2 aliphatic rings. The van der Waals surface area contributed by atoms with E-state index in [1.54, 1.807) is 6.07 Å². The van der Waals surface area contributed by atoms with E-state index in [0.717, 1.165) is 22.3 Å². The molecule has 2 nitrogen and oxygen atoms in total. The molecule has 0 fully saturated rings. The molecule has 0 bridgehead atoms. The van der Waals surface area contributed by atoms with Crippen molar-refractivity contribution in [3.05, 3.63) is 39.4 Å². The van der Waals surface area contributed by atoms with Crippen LogP contribution in [0.1, 0.15) is 40.0 Å². The number of hydrogen-bond acceptors (Lipinski definition) is 1. The molecule has 0 saturated carbocycles. The van der Waals surface area contributed by atoms with Gasteiger partial charge in [-0.2, -0.15) is 0 Å². The second-order valence-electron chi connectivity index (χ2n) is 4.92. The van der Waals surface area contributed by atoms with Crippen LogP contribution in [0.15, 0.2) is 17.7 Å². The van der Waals surface area contributed by atoms with Gasteiger partial charge in [-0.15, -0.1) is 0 Å². The number of hydrogen-bond donors (Lipinski definition) is 1. The van der Waals surface area contributed by atoms with Gasteiger partial charge in [0.15, 0.2) is 0 Å². The standard InChI is InChI=1S/C15H16ClNO/c1-8-5-9(16)6-13-10-3-2-4-11(15(17)18)14(10)7-12(8)13/h5-6,11H,2-4,7H2,1H3,(H2,17,18)/i2D2,6D. The quantitative estimate of drug-likeness (QED) is 0.831. The lowest BCUT2D eigenvalue weighted by atomic mass is 9.82. The topological polar surface area (TPSA) is 43.1 Å². The smallest absolute Gasteiger partial charge is 0.224 e. The number of aryl methyl sites for hydroxylation is 1. The number of carbonyl (C=O) groups is 1. The zero-order valence-electron chi connectivity index (χ0n) is 13.1. The first-order chi connectivity index (χ1) is 9.71. The Bertz CT molecular complexity index is 697. The van der Waals surface area contributed by atoms with Crippen molar-refractivity contribution < 1.29 is 8.91 Å². The molecular weight excluding hydrogens is 246 g/mol. The summed E-state index contributed by atoms with van der Waals surface area (Å²) in [5, 5.41) is 0.363. The Morgan fingerprint density at radius 3 is 3.17 bits per heavy atom. The van der Waals surface area contributed by atoms with E-state index in [9.17, 15) is 4.79 Å². The summed E-state index contributed by atoms with van der Waals surface area (Å²) in [4.78, 5) is 11.7. The van der Waals surface area contributed by atoms with E-state index < -0.39 is 18.2 Å². The van der Waals surface area contributed by atoms with Crippen LogP contribution in [0.3, 0.4) is 0 Å². The van der Waals surface area contributed by atoms with Gasteiger partial charge in [-0.3, -0.25) is 4.79 Å². The van der Waals surface area contributed by atoms with Crippen molar-refractivity contribution in [1.29, 1.82) is 0 Å². The fourth-order valence-corrected chi connectivity index (χ4v) is 3.18. The van der Waals surface area contributed by atoms with Crippen LogP contribution in [0.4, 0.5) is 0 Å². The van der Waals surface area contributed by atoms with Crippen LogP contribution in [0, 0.1) is 12.8 Å². The van der Waals surface area contributed by atoms with Gasteiger partial charge in [0, 0.05) is 7.76 Å². The molecule has 2 aliphatic carbocycles. The molecule has 3 rings (SSSR count). The largest absolute Gasteiger partial charge is 0.369 e. The number of carbonyl (C=O) groups excluding carboxylic acids is 1. The average Bonchev–Trinajstić information content (AvgIpc) is 2.73. The van der Waals surface area contributed by atoms with Crippen molar-refractivity contribution in [3.8, 4) is 0 Å². The van der Waals surface area contributed by atoms with Gasteiger partial charge in [0.25, 0.3) is 0 Å². The minimum absolute atomic E-state index is 0.120. The lowest BCUT2D eigenvalue weighted by Gasteiger charge is -2.22. The maximum atomic E-state index is 11.7. The first-order valence-corrected chi connectivity index (χ1v) is 6.39. The average molecular weight is 265 g/mol. The number of rotatable bonds is 1. The molecule has 0 saturated heterocycles. The van der Waals surface area contributed by atoms with E-state index in [1.165, 1.54) is 0 Å². The Morgan fingerprint density at radius 2 is 2.44 bits per heavy atom. The zero-order chi connectivity index (χ0) is 15.5. The van der Waals surface area contributed by atoms with Crippen LogP contribution in [-0.4, -0.2) is 5.91 Å². The number of halogens is 1. The third kappa shape index (κ3) is 1.67. The van der Waals surface area contributed by atoms with Gasteiger partial charge in [-0.25, -0.2) is 0 Å². The van der Waals surface area contributed by atoms with Crippen LogP contribution < -0.4 is 5.73 Å². The molecule has 0 heterocycles. The van der Waals surface area contributed by atoms with E-state index in [1.807, 2.05) is 6.92 Å². The fourth-order valence-electron chi connectivity index (χ4n) is 2.92. The Hall–Kier alpha value is -1.28. The Morgan fingerprint density at radius 1 is 1.67 bits per heavy atom. The van der Waals surface area contributed by atoms with Gasteiger partial charge in [0.1, 0.15) is 0 Å². The normalized spacial score (nSPS) is 27.0. The summed E-state index contributed by atoms with van der Waals surface area (Å²) in [5.74, 6) is -1.08. The summed E-state index contributed by atoms with van der Waals surface area (Å²) >= 11 is 6.10. The predicted molar refractivity (Wildman–Crippen MR) is 73.3 cm³/mol. The summed E-state index contributed by atoms with van der Waals surface area (Å²) in [5.41, 5.74) is 9.79. The lowest BCUT2D eigenvalue weighted by molar-refractivity contribution is -0.121. The number of primary amides is 1. The van der Waals surface area contributed by atoms with E-state index in [2.05, 4.69) is 0 Å². The second kappa shape index (κ2) is 4.13. The molecule has 0 aromatic heterocycles. The lowest BCUT2D eigenvalue weighted by Crippen LogP contribution is -2.27. The monoisotopic (exact) mass is 264 g/mol. The molecule has 0 spiro atoms. The highest BCUT2D eigenvalue weighted by Crippen LogP contribution is 2.45. The van der Waals surface area contributed by atoms with Crippen molar-refractivity contribution in [3.63, 3.8) is 0 Å². The van der Waals surface area contributed by atoms with Gasteiger partial charge >= 0.3 is 0 Å². The Kier molecular flexibility index (Phi) is 2.01. The zero-order valence-corrected chi connectivity index (χ0v) is 10.9. The SMILES string of the molecule is [2H]c1c(Cl)cc(C)c2c1C1=C(C2)C(C(N)=O)CC([2H])([2H])C1. The third-order valence-corrected chi connectivity index (χ3v) is 4.04. The van der Waals surface area contributed by atoms with Crippen molar-refractivity contribution in [2.45, 2.75) is 32.6 Å². The molecule has 0 aliphatic heterocycles. The molecule has 18 heavy (non-hydrogen) atoms. The van der Waals surface area contributed by atoms with Crippen molar-refractivity contribution in [2.24, 2.45) is 11.7 Å². The molecule has 1 unspecified atom stereocenters. The molecule has 1 aromatic rings. The van der Waals surface area contributed by atoms with Crippen LogP contribution in [0.25, 0.3) is 5.57 Å². The minimum Gasteiger partial charge on any atom is -0.369 e. The van der Waals surface area contributed by atoms with E-state index in [0.29, 0.717) is 17.0 Å². The Labute approximate surface area is 116 Å². The van der Waals surface area contributed by atoms with Crippen molar-refractivity contribution in [2.75, 3.05) is 0 Å². The summed E-state index contributed by atoms with van der Waals surface area (Å²) in [7, 11) is 0. The van der Waals surface area contributed by atoms with Crippen LogP contribution in [-0.2, 0) is 11.2 Å². The van der Waals surface area contributed by atoms with Crippen molar-refractivity contribution in [1.82, 2.24) is 0 Å². The maximum Gasteiger partial charge on any atom is 0.224 e. The van der Waals surface area contributed by atoms with Crippen LogP contribution in [0.2, 0.25) is 5.02 Å². The number of fused-ring (bicyclic) bond motifs is 2. The summed E-state index contributed by atoms with van der Waals surface area (Å²) in [6.45, 7) is 1.93. The molecule has 2 N–H and O–H groups in total. The van der Waals surface area contributed by atoms with E-state index in [-0.39, 0.29) is 18.9 Å². The highest BCUT2D eigenvalue weighted by molar-refractivity contribution is 6.30. The molecule has 94 valence electrons. The van der Waals surface area contributed by atoms with Crippen LogP contribution in [0.5, 0.6) is 0 Å². The molecule has 1 amide bonds. The molecule has 0 radical (unpaired) electrons. The minimum atomic E-state index is -1.48. The predicted octanol–water partition coefficient (Wildman–Crippen LogP) is 3.24. The van der Waals surface area contributed by atoms with E-state index in [4.69, 9.17) is 21.4 Å². The first kappa shape index (κ1) is 8.76. The third-order valence-electron chi connectivity index (χ3n) is 3.84. The summed E-state index contributed by atoms with van der Waals surface area (Å²) in [6.07, 6.45) is -0.577. The first-order valence-electron chi connectivity index (χ1n) is 7.51. The molecule has 1 aromatic carbocycles. The second-order valence-corrected chi connectivity index (χ2v) is 5.33. The number of amides is 1. The summed E-state index contributed by atoms with van der Waals surface area (Å²) < 4.78 is 24.3. The molecular formula is C15H16ClNO. The van der Waals surface area contributed by atoms with E-state index >= 15 is 0 Å². The number of nitrogens with two attached hydrogens (primary N) is 1. The maximum absolute atomic E-state index is 11.7. The number of allylic oxidation sites excluding steroid dienone is 1. The van der Waals surface area contributed by atoms with Gasteiger partial charge in [-0.05, 0) is 72.5 Å². The van der Waals surface area contributed by atoms with Crippen LogP contribution >= 0.6 is 11.6 Å². The van der Waals surface area contributed by atoms with Gasteiger partial charge in [0.2, 0.25) is 5.91 Å². The van der Waals surface area contributed by atoms with Gasteiger partial charge in [-0.1, -0.05) is 11.6 Å². The number of benzene rings is 1. The van der Waals surface area contributed by atoms with Crippen molar-refractivity contribution >= 4 is 23.1 Å². The molecule has 1 atom stereocenters. The highest BCUT2D eigenvalue weighted by Gasteiger charge is 2.33. The van der Waals surface area contributed by atoms with Gasteiger partial charge in [0.05, 0.1) is 7.29 Å². The highest BCUT2D eigenvalue weighted by atomic mass is 35.5. The molecule has 3 heteroatoms. The Balaban J connectivity index is 2.23. The van der Waals surface area contributed by atoms with Gasteiger partial charge < -0.3 is 5.73 Å². The summed E-state index contributed by atoms with van der Waals surface area (Å²) in [6, 6.07) is 1.98. The fraction of sp³-hybridized carbons (Fsp3) is 0.400.